The van der Waals surface area contributed by atoms with E-state index in [1.165, 1.54) is 0 Å². The monoisotopic (exact) mass is 265 g/mol. The maximum atomic E-state index is 11.4. The number of amides is 1. The first-order valence-corrected chi connectivity index (χ1v) is 6.92. The van der Waals surface area contributed by atoms with E-state index in [1.807, 2.05) is 17.0 Å². The molecule has 2 atom stereocenters. The average molecular weight is 265 g/mol. The smallest absolute Gasteiger partial charge is 0.219 e. The van der Waals surface area contributed by atoms with Crippen LogP contribution in [0.1, 0.15) is 32.1 Å². The molecular weight excluding hydrogens is 242 g/mol. The molecule has 0 radical (unpaired) electrons. The number of rotatable bonds is 4. The van der Waals surface area contributed by atoms with Crippen LogP contribution in [-0.2, 0) is 4.79 Å². The molecule has 0 aromatic carbocycles. The fourth-order valence-corrected chi connectivity index (χ4v) is 2.66. The highest BCUT2D eigenvalue weighted by Crippen LogP contribution is 2.26. The van der Waals surface area contributed by atoms with Gasteiger partial charge in [0.05, 0.1) is 12.3 Å². The fourth-order valence-electron chi connectivity index (χ4n) is 2.66. The van der Waals surface area contributed by atoms with Gasteiger partial charge in [0.1, 0.15) is 5.76 Å². The van der Waals surface area contributed by atoms with Crippen molar-refractivity contribution >= 4 is 5.91 Å². The lowest BCUT2D eigenvalue weighted by Gasteiger charge is -2.40. The minimum absolute atomic E-state index is 0.0510. The Morgan fingerprint density at radius 3 is 2.58 bits per heavy atom. The first-order chi connectivity index (χ1) is 9.13. The number of hydrogen-bond acceptors (Lipinski definition) is 4. The van der Waals surface area contributed by atoms with Crippen LogP contribution in [0, 0.1) is 0 Å². The van der Waals surface area contributed by atoms with E-state index in [0.717, 1.165) is 38.4 Å². The maximum Gasteiger partial charge on any atom is 0.219 e. The van der Waals surface area contributed by atoms with Crippen LogP contribution in [0.5, 0.6) is 0 Å². The van der Waals surface area contributed by atoms with Crippen molar-refractivity contribution in [1.29, 1.82) is 0 Å². The van der Waals surface area contributed by atoms with E-state index >= 15 is 0 Å². The Morgan fingerprint density at radius 2 is 2.11 bits per heavy atom. The summed E-state index contributed by atoms with van der Waals surface area (Å²) in [6.45, 7) is 6.94. The number of nitrogens with zero attached hydrogens (tertiary/aromatic N) is 2. The second-order valence-corrected chi connectivity index (χ2v) is 5.07. The van der Waals surface area contributed by atoms with Crippen molar-refractivity contribution in [1.82, 2.24) is 9.80 Å². The summed E-state index contributed by atoms with van der Waals surface area (Å²) >= 11 is 0. The highest BCUT2D eigenvalue weighted by molar-refractivity contribution is 5.73. The number of piperazine rings is 1. The van der Waals surface area contributed by atoms with E-state index in [2.05, 4.69) is 11.8 Å². The summed E-state index contributed by atoms with van der Waals surface area (Å²) in [6, 6.07) is 4.04. The zero-order valence-corrected chi connectivity index (χ0v) is 11.7. The van der Waals surface area contributed by atoms with Gasteiger partial charge in [-0.05, 0) is 18.6 Å². The van der Waals surface area contributed by atoms with Crippen LogP contribution in [0.2, 0.25) is 0 Å². The molecule has 2 rings (SSSR count). The number of hydrogen-bond donors (Lipinski definition) is 1. The number of nitrogens with two attached hydrogens (primary N) is 1. The molecule has 19 heavy (non-hydrogen) atoms. The second-order valence-electron chi connectivity index (χ2n) is 5.07. The predicted octanol–water partition coefficient (Wildman–Crippen LogP) is 1.22. The van der Waals surface area contributed by atoms with Gasteiger partial charge in [0.2, 0.25) is 5.91 Å². The molecule has 5 heteroatoms. The summed E-state index contributed by atoms with van der Waals surface area (Å²) in [5, 5.41) is 0. The summed E-state index contributed by atoms with van der Waals surface area (Å²) in [5.74, 6) is 1.07. The molecule has 1 fully saturated rings. The Labute approximate surface area is 114 Å². The quantitative estimate of drug-likeness (QED) is 0.889. The molecule has 1 aliphatic rings. The molecular formula is C14H23N3O2. The predicted molar refractivity (Wildman–Crippen MR) is 73.5 cm³/mol. The Kier molecular flexibility index (Phi) is 4.61. The van der Waals surface area contributed by atoms with Gasteiger partial charge in [0, 0.05) is 39.1 Å². The number of carbonyl (C=O) groups excluding carboxylic acids is 1. The molecule has 2 heterocycles. The van der Waals surface area contributed by atoms with Crippen molar-refractivity contribution < 1.29 is 9.21 Å². The lowest BCUT2D eigenvalue weighted by Crippen LogP contribution is -2.52. The van der Waals surface area contributed by atoms with E-state index in [9.17, 15) is 4.79 Å². The third-order valence-corrected chi connectivity index (χ3v) is 3.86. The van der Waals surface area contributed by atoms with E-state index in [-0.39, 0.29) is 18.0 Å². The molecule has 5 nitrogen and oxygen atoms in total. The minimum atomic E-state index is 0.0510. The van der Waals surface area contributed by atoms with Crippen LogP contribution in [0.25, 0.3) is 0 Å². The van der Waals surface area contributed by atoms with Crippen LogP contribution in [0.4, 0.5) is 0 Å². The van der Waals surface area contributed by atoms with Crippen molar-refractivity contribution in [2.45, 2.75) is 32.4 Å². The van der Waals surface area contributed by atoms with Gasteiger partial charge in [0.25, 0.3) is 0 Å². The summed E-state index contributed by atoms with van der Waals surface area (Å²) < 4.78 is 5.54. The van der Waals surface area contributed by atoms with Gasteiger partial charge in [-0.15, -0.1) is 0 Å². The van der Waals surface area contributed by atoms with E-state index in [0.29, 0.717) is 0 Å². The number of furan rings is 1. The van der Waals surface area contributed by atoms with Crippen LogP contribution in [0.3, 0.4) is 0 Å². The molecule has 1 aromatic heterocycles. The molecule has 106 valence electrons. The van der Waals surface area contributed by atoms with Gasteiger partial charge in [-0.2, -0.15) is 0 Å². The zero-order valence-electron chi connectivity index (χ0n) is 11.7. The van der Waals surface area contributed by atoms with Gasteiger partial charge < -0.3 is 15.1 Å². The van der Waals surface area contributed by atoms with E-state index in [4.69, 9.17) is 10.2 Å². The topological polar surface area (TPSA) is 62.7 Å². The largest absolute Gasteiger partial charge is 0.468 e. The van der Waals surface area contributed by atoms with Gasteiger partial charge in [-0.3, -0.25) is 9.69 Å². The van der Waals surface area contributed by atoms with Gasteiger partial charge in [-0.1, -0.05) is 6.92 Å². The first-order valence-electron chi connectivity index (χ1n) is 6.92. The Hall–Kier alpha value is -1.33. The van der Waals surface area contributed by atoms with E-state index < -0.39 is 0 Å². The van der Waals surface area contributed by atoms with Crippen LogP contribution in [0.15, 0.2) is 22.8 Å². The minimum Gasteiger partial charge on any atom is -0.468 e. The SMILES string of the molecule is CCC(N)C(c1ccco1)N1CCN(C(C)=O)CC1. The Bertz CT molecular complexity index is 397. The summed E-state index contributed by atoms with van der Waals surface area (Å²) in [4.78, 5) is 15.6. The lowest BCUT2D eigenvalue weighted by atomic mass is 10.0. The zero-order chi connectivity index (χ0) is 13.8. The number of carbonyl (C=O) groups is 1. The van der Waals surface area contributed by atoms with Gasteiger partial charge >= 0.3 is 0 Å². The Balaban J connectivity index is 2.07. The molecule has 0 saturated carbocycles. The molecule has 2 N–H and O–H groups in total. The van der Waals surface area contributed by atoms with E-state index in [1.54, 1.807) is 13.2 Å². The summed E-state index contributed by atoms with van der Waals surface area (Å²) in [7, 11) is 0. The van der Waals surface area contributed by atoms with Crippen molar-refractivity contribution in [3.05, 3.63) is 24.2 Å². The van der Waals surface area contributed by atoms with Crippen LogP contribution < -0.4 is 5.73 Å². The van der Waals surface area contributed by atoms with Crippen molar-refractivity contribution in [3.63, 3.8) is 0 Å². The fraction of sp³-hybridized carbons (Fsp3) is 0.643. The molecule has 0 aliphatic carbocycles. The van der Waals surface area contributed by atoms with Crippen LogP contribution in [-0.4, -0.2) is 47.9 Å². The molecule has 0 spiro atoms. The molecule has 1 saturated heterocycles. The Morgan fingerprint density at radius 1 is 1.42 bits per heavy atom. The van der Waals surface area contributed by atoms with Crippen molar-refractivity contribution in [2.75, 3.05) is 26.2 Å². The standard InChI is InChI=1S/C14H23N3O2/c1-3-12(15)14(13-5-4-10-19-13)17-8-6-16(7-9-17)11(2)18/h4-5,10,12,14H,3,6-9,15H2,1-2H3. The normalized spacial score (nSPS) is 20.3. The third kappa shape index (κ3) is 3.16. The van der Waals surface area contributed by atoms with Crippen LogP contribution >= 0.6 is 0 Å². The first kappa shape index (κ1) is 14.1. The summed E-state index contributed by atoms with van der Waals surface area (Å²) in [6.07, 6.45) is 2.59. The molecule has 1 aliphatic heterocycles. The molecule has 0 bridgehead atoms. The molecule has 1 amide bonds. The van der Waals surface area contributed by atoms with Gasteiger partial charge in [-0.25, -0.2) is 0 Å². The highest BCUT2D eigenvalue weighted by Gasteiger charge is 2.31. The van der Waals surface area contributed by atoms with Crippen molar-refractivity contribution in [2.24, 2.45) is 5.73 Å². The maximum absolute atomic E-state index is 11.4. The van der Waals surface area contributed by atoms with Crippen molar-refractivity contribution in [3.8, 4) is 0 Å². The summed E-state index contributed by atoms with van der Waals surface area (Å²) in [5.41, 5.74) is 6.25. The second kappa shape index (κ2) is 6.21. The third-order valence-electron chi connectivity index (χ3n) is 3.86. The molecule has 2 unspecified atom stereocenters. The highest BCUT2D eigenvalue weighted by atomic mass is 16.3. The van der Waals surface area contributed by atoms with Gasteiger partial charge in [0.15, 0.2) is 0 Å². The lowest BCUT2D eigenvalue weighted by molar-refractivity contribution is -0.131. The molecule has 1 aromatic rings. The average Bonchev–Trinajstić information content (AvgIpc) is 2.93.